The molecule has 0 spiro atoms. The second-order valence-electron chi connectivity index (χ2n) is 4.45. The highest BCUT2D eigenvalue weighted by Gasteiger charge is 2.23. The molecule has 1 aliphatic heterocycles. The molecule has 2 rings (SSSR count). The summed E-state index contributed by atoms with van der Waals surface area (Å²) in [6, 6.07) is 3.05. The molecule has 1 aliphatic rings. The highest BCUT2D eigenvalue weighted by Crippen LogP contribution is 2.20. The number of carbonyl (C=O) groups excluding carboxylic acids is 1. The number of carbonyl (C=O) groups is 2. The van der Waals surface area contributed by atoms with Crippen LogP contribution in [0.3, 0.4) is 0 Å². The molecule has 1 amide bonds. The van der Waals surface area contributed by atoms with Gasteiger partial charge in [-0.2, -0.15) is 0 Å². The minimum absolute atomic E-state index is 0.114. The van der Waals surface area contributed by atoms with Gasteiger partial charge in [-0.05, 0) is 31.9 Å². The molecule has 5 nitrogen and oxygen atoms in total. The number of hydrogen-bond acceptors (Lipinski definition) is 4. The van der Waals surface area contributed by atoms with E-state index in [2.05, 4.69) is 0 Å². The Morgan fingerprint density at radius 2 is 2.21 bits per heavy atom. The Labute approximate surface area is 115 Å². The van der Waals surface area contributed by atoms with Crippen molar-refractivity contribution < 1.29 is 19.4 Å². The molecule has 19 heavy (non-hydrogen) atoms. The van der Waals surface area contributed by atoms with Gasteiger partial charge in [0.05, 0.1) is 11.0 Å². The van der Waals surface area contributed by atoms with Gasteiger partial charge in [0.15, 0.2) is 0 Å². The van der Waals surface area contributed by atoms with Gasteiger partial charge in [0, 0.05) is 19.7 Å². The fourth-order valence-corrected chi connectivity index (χ4v) is 2.93. The normalized spacial score (nSPS) is 18.5. The summed E-state index contributed by atoms with van der Waals surface area (Å²) in [6.45, 7) is 3.85. The lowest BCUT2D eigenvalue weighted by Gasteiger charge is -2.23. The summed E-state index contributed by atoms with van der Waals surface area (Å²) < 4.78 is 5.53. The third-order valence-electron chi connectivity index (χ3n) is 3.14. The van der Waals surface area contributed by atoms with Crippen LogP contribution in [-0.4, -0.2) is 47.7 Å². The molecule has 104 valence electrons. The fourth-order valence-electron chi connectivity index (χ4n) is 2.11. The third kappa shape index (κ3) is 3.33. The highest BCUT2D eigenvalue weighted by atomic mass is 32.1. The van der Waals surface area contributed by atoms with E-state index >= 15 is 0 Å². The Kier molecular flexibility index (Phi) is 4.55. The zero-order valence-electron chi connectivity index (χ0n) is 10.8. The first-order chi connectivity index (χ1) is 9.11. The van der Waals surface area contributed by atoms with E-state index in [0.29, 0.717) is 18.0 Å². The summed E-state index contributed by atoms with van der Waals surface area (Å²) in [7, 11) is 0. The van der Waals surface area contributed by atoms with E-state index in [9.17, 15) is 9.59 Å². The molecule has 1 aromatic rings. The van der Waals surface area contributed by atoms with Crippen LogP contribution in [0.2, 0.25) is 0 Å². The Morgan fingerprint density at radius 1 is 1.47 bits per heavy atom. The topological polar surface area (TPSA) is 66.8 Å². The minimum Gasteiger partial charge on any atom is -0.477 e. The maximum atomic E-state index is 12.3. The Hall–Kier alpha value is -1.40. The lowest BCUT2D eigenvalue weighted by molar-refractivity contribution is 0.0543. The lowest BCUT2D eigenvalue weighted by atomic mass is 10.2. The molecule has 6 heteroatoms. The van der Waals surface area contributed by atoms with Crippen LogP contribution in [0.25, 0.3) is 0 Å². The molecule has 1 atom stereocenters. The van der Waals surface area contributed by atoms with Crippen LogP contribution >= 0.6 is 11.3 Å². The summed E-state index contributed by atoms with van der Waals surface area (Å²) in [6.07, 6.45) is 2.13. The predicted molar refractivity (Wildman–Crippen MR) is 71.8 cm³/mol. The van der Waals surface area contributed by atoms with Gasteiger partial charge in [-0.15, -0.1) is 11.3 Å². The smallest absolute Gasteiger partial charge is 0.345 e. The van der Waals surface area contributed by atoms with Crippen LogP contribution < -0.4 is 0 Å². The highest BCUT2D eigenvalue weighted by molar-refractivity contribution is 7.15. The van der Waals surface area contributed by atoms with Crippen molar-refractivity contribution in [1.82, 2.24) is 4.90 Å². The molecule has 1 N–H and O–H groups in total. The summed E-state index contributed by atoms with van der Waals surface area (Å²) in [5, 5.41) is 8.87. The average molecular weight is 283 g/mol. The first-order valence-corrected chi connectivity index (χ1v) is 7.17. The maximum Gasteiger partial charge on any atom is 0.345 e. The van der Waals surface area contributed by atoms with Crippen LogP contribution in [0.15, 0.2) is 12.1 Å². The SMILES string of the molecule is CCN(C[C@H]1CCCO1)C(=O)c1ccc(C(=O)O)s1. The van der Waals surface area contributed by atoms with Crippen LogP contribution in [0.1, 0.15) is 39.1 Å². The van der Waals surface area contributed by atoms with Crippen molar-refractivity contribution in [1.29, 1.82) is 0 Å². The molecule has 1 aromatic heterocycles. The summed E-state index contributed by atoms with van der Waals surface area (Å²) in [5.41, 5.74) is 0. The monoisotopic (exact) mass is 283 g/mol. The third-order valence-corrected chi connectivity index (χ3v) is 4.21. The molecular weight excluding hydrogens is 266 g/mol. The van der Waals surface area contributed by atoms with E-state index in [4.69, 9.17) is 9.84 Å². The first kappa shape index (κ1) is 14.0. The van der Waals surface area contributed by atoms with Gasteiger partial charge in [-0.3, -0.25) is 4.79 Å². The number of ether oxygens (including phenoxy) is 1. The van der Waals surface area contributed by atoms with Gasteiger partial charge in [0.25, 0.3) is 5.91 Å². The van der Waals surface area contributed by atoms with E-state index in [-0.39, 0.29) is 16.9 Å². The number of hydrogen-bond donors (Lipinski definition) is 1. The molecule has 0 radical (unpaired) electrons. The number of aromatic carboxylic acids is 1. The quantitative estimate of drug-likeness (QED) is 0.898. The van der Waals surface area contributed by atoms with E-state index in [1.807, 2.05) is 6.92 Å². The van der Waals surface area contributed by atoms with Crippen LogP contribution in [0.4, 0.5) is 0 Å². The second kappa shape index (κ2) is 6.16. The lowest BCUT2D eigenvalue weighted by Crippen LogP contribution is -2.36. The van der Waals surface area contributed by atoms with Gasteiger partial charge >= 0.3 is 5.97 Å². The molecule has 1 saturated heterocycles. The molecule has 0 unspecified atom stereocenters. The number of likely N-dealkylation sites (N-methyl/N-ethyl adjacent to an activating group) is 1. The largest absolute Gasteiger partial charge is 0.477 e. The van der Waals surface area contributed by atoms with Crippen LogP contribution in [0, 0.1) is 0 Å². The van der Waals surface area contributed by atoms with Gasteiger partial charge in [0.2, 0.25) is 0 Å². The van der Waals surface area contributed by atoms with Gasteiger partial charge in [0.1, 0.15) is 4.88 Å². The molecule has 2 heterocycles. The van der Waals surface area contributed by atoms with Gasteiger partial charge < -0.3 is 14.7 Å². The van der Waals surface area contributed by atoms with Crippen molar-refractivity contribution >= 4 is 23.2 Å². The Morgan fingerprint density at radius 3 is 2.74 bits per heavy atom. The summed E-state index contributed by atoms with van der Waals surface area (Å²) >= 11 is 1.02. The zero-order chi connectivity index (χ0) is 13.8. The van der Waals surface area contributed by atoms with Crippen molar-refractivity contribution in [3.63, 3.8) is 0 Å². The number of thiophene rings is 1. The summed E-state index contributed by atoms with van der Waals surface area (Å²) in [4.78, 5) is 25.5. The van der Waals surface area contributed by atoms with Crippen molar-refractivity contribution in [3.05, 3.63) is 21.9 Å². The molecule has 1 fully saturated rings. The first-order valence-electron chi connectivity index (χ1n) is 6.35. The number of rotatable bonds is 5. The van der Waals surface area contributed by atoms with Crippen molar-refractivity contribution in [2.45, 2.75) is 25.9 Å². The van der Waals surface area contributed by atoms with E-state index in [0.717, 1.165) is 30.8 Å². The van der Waals surface area contributed by atoms with Crippen LogP contribution in [0.5, 0.6) is 0 Å². The van der Waals surface area contributed by atoms with Crippen molar-refractivity contribution in [3.8, 4) is 0 Å². The van der Waals surface area contributed by atoms with E-state index < -0.39 is 5.97 Å². The Balaban J connectivity index is 2.04. The summed E-state index contributed by atoms with van der Waals surface area (Å²) in [5.74, 6) is -1.11. The minimum atomic E-state index is -0.994. The van der Waals surface area contributed by atoms with E-state index in [1.165, 1.54) is 6.07 Å². The zero-order valence-corrected chi connectivity index (χ0v) is 11.6. The maximum absolute atomic E-state index is 12.3. The van der Waals surface area contributed by atoms with E-state index in [1.54, 1.807) is 11.0 Å². The molecule has 0 aliphatic carbocycles. The van der Waals surface area contributed by atoms with Crippen LogP contribution in [-0.2, 0) is 4.74 Å². The van der Waals surface area contributed by atoms with Crippen molar-refractivity contribution in [2.24, 2.45) is 0 Å². The Bertz CT molecular complexity index is 465. The fraction of sp³-hybridized carbons (Fsp3) is 0.538. The standard InChI is InChI=1S/C13H17NO4S/c1-2-14(8-9-4-3-7-18-9)12(15)10-5-6-11(19-10)13(16)17/h5-6,9H,2-4,7-8H2,1H3,(H,16,17)/t9-/m1/s1. The molecule has 0 bridgehead atoms. The number of carboxylic acids is 1. The molecule has 0 saturated carbocycles. The van der Waals surface area contributed by atoms with Crippen molar-refractivity contribution in [2.75, 3.05) is 19.7 Å². The average Bonchev–Trinajstić information content (AvgIpc) is 3.06. The number of carboxylic acid groups (broad SMARTS) is 1. The predicted octanol–water partition coefficient (Wildman–Crippen LogP) is 2.09. The second-order valence-corrected chi connectivity index (χ2v) is 5.53. The van der Waals surface area contributed by atoms with Gasteiger partial charge in [-0.1, -0.05) is 0 Å². The van der Waals surface area contributed by atoms with Gasteiger partial charge in [-0.25, -0.2) is 4.79 Å². The number of amides is 1. The number of nitrogens with zero attached hydrogens (tertiary/aromatic N) is 1. The molecular formula is C13H17NO4S. The molecule has 0 aromatic carbocycles.